The maximum Gasteiger partial charge on any atom is -0.00221 e. The Labute approximate surface area is 71.2 Å². The Morgan fingerprint density at radius 2 is 1.18 bits per heavy atom. The van der Waals surface area contributed by atoms with Gasteiger partial charge in [0.25, 0.3) is 0 Å². The first-order valence-corrected chi connectivity index (χ1v) is 4.24. The predicted octanol–water partition coefficient (Wildman–Crippen LogP) is 1.09. The van der Waals surface area contributed by atoms with Crippen molar-refractivity contribution in [1.82, 2.24) is 9.80 Å². The Morgan fingerprint density at radius 3 is 1.45 bits per heavy atom. The van der Waals surface area contributed by atoms with Crippen LogP contribution in [0.5, 0.6) is 0 Å². The van der Waals surface area contributed by atoms with E-state index in [1.54, 1.807) is 0 Å². The predicted molar refractivity (Wildman–Crippen MR) is 50.6 cm³/mol. The van der Waals surface area contributed by atoms with E-state index >= 15 is 0 Å². The molecule has 0 heterocycles. The number of hydrogen-bond donors (Lipinski definition) is 0. The zero-order valence-electron chi connectivity index (χ0n) is 8.30. The third-order valence-electron chi connectivity index (χ3n) is 1.56. The molecule has 0 fully saturated rings. The van der Waals surface area contributed by atoms with Crippen LogP contribution < -0.4 is 0 Å². The molecule has 0 aromatic carbocycles. The normalized spacial score (nSPS) is 11.5. The highest BCUT2D eigenvalue weighted by atomic mass is 15.1. The van der Waals surface area contributed by atoms with Gasteiger partial charge in [-0.1, -0.05) is 0 Å². The first-order chi connectivity index (χ1) is 5.13. The van der Waals surface area contributed by atoms with Gasteiger partial charge in [0.05, 0.1) is 0 Å². The summed E-state index contributed by atoms with van der Waals surface area (Å²) in [5.74, 6) is 0. The van der Waals surface area contributed by atoms with Gasteiger partial charge in [-0.3, -0.25) is 0 Å². The zero-order chi connectivity index (χ0) is 8.69. The highest BCUT2D eigenvalue weighted by Gasteiger charge is 1.92. The molecule has 0 aliphatic carbocycles. The molecule has 0 aliphatic rings. The lowest BCUT2D eigenvalue weighted by Gasteiger charge is -2.10. The number of hydrogen-bond acceptors (Lipinski definition) is 2. The lowest BCUT2D eigenvalue weighted by Crippen LogP contribution is -2.15. The largest absolute Gasteiger partial charge is 0.309 e. The van der Waals surface area contributed by atoms with Gasteiger partial charge in [-0.15, -0.1) is 0 Å². The lowest BCUT2D eigenvalue weighted by molar-refractivity contribution is 0.390. The van der Waals surface area contributed by atoms with Crippen LogP contribution in [-0.2, 0) is 0 Å². The van der Waals surface area contributed by atoms with E-state index in [0.717, 1.165) is 0 Å². The molecule has 0 unspecified atom stereocenters. The molecule has 0 N–H and O–H groups in total. The molecule has 0 bridgehead atoms. The molecule has 0 saturated carbocycles. The Bertz CT molecular complexity index is 69.6. The highest BCUT2D eigenvalue weighted by Crippen LogP contribution is 1.95. The maximum atomic E-state index is 2.36. The van der Waals surface area contributed by atoms with E-state index in [0.29, 0.717) is 0 Å². The molecule has 67 valence electrons. The van der Waals surface area contributed by atoms with Gasteiger partial charge in [0, 0.05) is 0 Å². The average molecular weight is 157 g/mol. The molecule has 0 rings (SSSR count). The van der Waals surface area contributed by atoms with Crippen LogP contribution in [0.25, 0.3) is 0 Å². The van der Waals surface area contributed by atoms with E-state index in [2.05, 4.69) is 44.4 Å². The Hall–Kier alpha value is -0.0800. The van der Waals surface area contributed by atoms with Crippen molar-refractivity contribution in [1.29, 1.82) is 0 Å². The summed E-state index contributed by atoms with van der Waals surface area (Å²) in [7, 11) is 8.44. The summed E-state index contributed by atoms with van der Waals surface area (Å²) < 4.78 is 0. The molecular weight excluding hydrogens is 136 g/mol. The standard InChI is InChI=1S/C9H21N2/c1-10(2)8-6-5-7-9-11(3)4/h5H,6-9H2,1-4H3. The van der Waals surface area contributed by atoms with Gasteiger partial charge in [-0.05, 0) is 60.5 Å². The summed E-state index contributed by atoms with van der Waals surface area (Å²) in [6.45, 7) is 2.35. The number of rotatable bonds is 6. The van der Waals surface area contributed by atoms with Crippen molar-refractivity contribution >= 4 is 0 Å². The van der Waals surface area contributed by atoms with Gasteiger partial charge in [0.2, 0.25) is 0 Å². The van der Waals surface area contributed by atoms with Gasteiger partial charge in [0.15, 0.2) is 0 Å². The zero-order valence-corrected chi connectivity index (χ0v) is 8.30. The van der Waals surface area contributed by atoms with E-state index in [4.69, 9.17) is 0 Å². The fourth-order valence-electron chi connectivity index (χ4n) is 0.843. The van der Waals surface area contributed by atoms with Crippen molar-refractivity contribution in [3.63, 3.8) is 0 Å². The van der Waals surface area contributed by atoms with Crippen LogP contribution in [0, 0.1) is 6.42 Å². The van der Waals surface area contributed by atoms with Gasteiger partial charge in [-0.25, -0.2) is 0 Å². The topological polar surface area (TPSA) is 6.48 Å². The Morgan fingerprint density at radius 1 is 0.818 bits per heavy atom. The van der Waals surface area contributed by atoms with Crippen LogP contribution in [0.2, 0.25) is 0 Å². The second-order valence-corrected chi connectivity index (χ2v) is 3.47. The Kier molecular flexibility index (Phi) is 6.57. The first-order valence-electron chi connectivity index (χ1n) is 4.24. The maximum absolute atomic E-state index is 2.36. The van der Waals surface area contributed by atoms with Crippen LogP contribution in [0.4, 0.5) is 0 Å². The first kappa shape index (κ1) is 10.9. The second kappa shape index (κ2) is 6.62. The second-order valence-electron chi connectivity index (χ2n) is 3.47. The molecule has 0 saturated heterocycles. The number of unbranched alkanes of at least 4 members (excludes halogenated alkanes) is 2. The summed E-state index contributed by atoms with van der Waals surface area (Å²) >= 11 is 0. The summed E-state index contributed by atoms with van der Waals surface area (Å²) in [5.41, 5.74) is 0. The summed E-state index contributed by atoms with van der Waals surface area (Å²) in [5, 5.41) is 0. The molecular formula is C9H21N2. The molecule has 0 atom stereocenters. The molecule has 0 aromatic rings. The van der Waals surface area contributed by atoms with E-state index in [1.807, 2.05) is 0 Å². The van der Waals surface area contributed by atoms with E-state index in [-0.39, 0.29) is 0 Å². The summed E-state index contributed by atoms with van der Waals surface area (Å²) in [6.07, 6.45) is 4.78. The molecule has 2 heteroatoms. The third-order valence-corrected chi connectivity index (χ3v) is 1.56. The van der Waals surface area contributed by atoms with Gasteiger partial charge < -0.3 is 9.80 Å². The van der Waals surface area contributed by atoms with E-state index in [9.17, 15) is 0 Å². The van der Waals surface area contributed by atoms with Crippen molar-refractivity contribution in [2.45, 2.75) is 12.8 Å². The smallest absolute Gasteiger partial charge is 0.00221 e. The fraction of sp³-hybridized carbons (Fsp3) is 0.889. The molecule has 0 aromatic heterocycles. The van der Waals surface area contributed by atoms with Crippen LogP contribution in [0.1, 0.15) is 12.8 Å². The SMILES string of the molecule is CN(C)CC[CH]CCN(C)C. The molecule has 11 heavy (non-hydrogen) atoms. The van der Waals surface area contributed by atoms with Gasteiger partial charge in [-0.2, -0.15) is 0 Å². The lowest BCUT2D eigenvalue weighted by atomic mass is 10.2. The minimum Gasteiger partial charge on any atom is -0.309 e. The highest BCUT2D eigenvalue weighted by molar-refractivity contribution is 4.66. The van der Waals surface area contributed by atoms with Gasteiger partial charge >= 0.3 is 0 Å². The van der Waals surface area contributed by atoms with Crippen LogP contribution in [0.3, 0.4) is 0 Å². The quantitative estimate of drug-likeness (QED) is 0.533. The van der Waals surface area contributed by atoms with Crippen LogP contribution in [0.15, 0.2) is 0 Å². The fourth-order valence-corrected chi connectivity index (χ4v) is 0.843. The minimum absolute atomic E-state index is 1.17. The molecule has 0 amide bonds. The van der Waals surface area contributed by atoms with E-state index < -0.39 is 0 Å². The average Bonchev–Trinajstić information content (AvgIpc) is 1.85. The van der Waals surface area contributed by atoms with Crippen molar-refractivity contribution in [3.05, 3.63) is 6.42 Å². The van der Waals surface area contributed by atoms with Crippen molar-refractivity contribution in [2.24, 2.45) is 0 Å². The molecule has 2 nitrogen and oxygen atoms in total. The summed E-state index contributed by atoms with van der Waals surface area (Å²) in [4.78, 5) is 4.43. The minimum atomic E-state index is 1.17. The Balaban J connectivity index is 2.91. The van der Waals surface area contributed by atoms with Crippen molar-refractivity contribution in [2.75, 3.05) is 41.3 Å². The number of nitrogens with zero attached hydrogens (tertiary/aromatic N) is 2. The van der Waals surface area contributed by atoms with Crippen LogP contribution in [-0.4, -0.2) is 51.1 Å². The molecule has 0 spiro atoms. The molecule has 0 aliphatic heterocycles. The van der Waals surface area contributed by atoms with Gasteiger partial charge in [0.1, 0.15) is 0 Å². The monoisotopic (exact) mass is 157 g/mol. The van der Waals surface area contributed by atoms with Crippen molar-refractivity contribution in [3.8, 4) is 0 Å². The third kappa shape index (κ3) is 9.92. The summed E-state index contributed by atoms with van der Waals surface area (Å²) in [6, 6.07) is 0. The molecule has 1 radical (unpaired) electrons. The van der Waals surface area contributed by atoms with Crippen LogP contribution >= 0.6 is 0 Å². The van der Waals surface area contributed by atoms with Crippen molar-refractivity contribution < 1.29 is 0 Å². The van der Waals surface area contributed by atoms with E-state index in [1.165, 1.54) is 25.9 Å².